The lowest BCUT2D eigenvalue weighted by atomic mass is 10.1. The highest BCUT2D eigenvalue weighted by molar-refractivity contribution is 5.85. The molecule has 0 bridgehead atoms. The summed E-state index contributed by atoms with van der Waals surface area (Å²) < 4.78 is 0. The standard InChI is InChI=1S/C14H17NO3/c1-2-10-3-5-11(6-4-10)8-15-9-12(14(17)18)7-13(15)16/h3-6,12H,2,7-9H2,1H3,(H,17,18)/p-1/t12-/m0/s1. The van der Waals surface area contributed by atoms with Crippen LogP contribution in [0.1, 0.15) is 24.5 Å². The Labute approximate surface area is 106 Å². The number of rotatable bonds is 4. The van der Waals surface area contributed by atoms with Crippen molar-refractivity contribution in [2.45, 2.75) is 26.3 Å². The molecule has 2 rings (SSSR count). The van der Waals surface area contributed by atoms with Crippen molar-refractivity contribution in [3.05, 3.63) is 35.4 Å². The van der Waals surface area contributed by atoms with Gasteiger partial charge in [-0.3, -0.25) is 4.79 Å². The number of hydrogen-bond donors (Lipinski definition) is 0. The monoisotopic (exact) mass is 246 g/mol. The Morgan fingerprint density at radius 3 is 2.44 bits per heavy atom. The lowest BCUT2D eigenvalue weighted by Crippen LogP contribution is -2.33. The van der Waals surface area contributed by atoms with Gasteiger partial charge in [-0.25, -0.2) is 0 Å². The van der Waals surface area contributed by atoms with E-state index in [1.54, 1.807) is 4.90 Å². The molecule has 1 aliphatic rings. The van der Waals surface area contributed by atoms with Crippen LogP contribution in [0, 0.1) is 5.92 Å². The Hall–Kier alpha value is -1.84. The molecule has 1 fully saturated rings. The number of carbonyl (C=O) groups is 2. The zero-order valence-corrected chi connectivity index (χ0v) is 10.4. The molecule has 1 aromatic carbocycles. The second-order valence-electron chi connectivity index (χ2n) is 4.66. The molecule has 1 saturated heterocycles. The summed E-state index contributed by atoms with van der Waals surface area (Å²) >= 11 is 0. The molecule has 18 heavy (non-hydrogen) atoms. The summed E-state index contributed by atoms with van der Waals surface area (Å²) in [5.41, 5.74) is 2.28. The van der Waals surface area contributed by atoms with Crippen LogP contribution in [-0.2, 0) is 22.6 Å². The van der Waals surface area contributed by atoms with Gasteiger partial charge in [0.25, 0.3) is 0 Å². The predicted molar refractivity (Wildman–Crippen MR) is 64.4 cm³/mol. The van der Waals surface area contributed by atoms with Gasteiger partial charge in [0.1, 0.15) is 0 Å². The molecule has 0 saturated carbocycles. The highest BCUT2D eigenvalue weighted by Gasteiger charge is 2.30. The van der Waals surface area contributed by atoms with Gasteiger partial charge in [0, 0.05) is 31.4 Å². The second-order valence-corrected chi connectivity index (χ2v) is 4.66. The number of aliphatic carboxylic acids is 1. The smallest absolute Gasteiger partial charge is 0.223 e. The van der Waals surface area contributed by atoms with Crippen LogP contribution in [0.15, 0.2) is 24.3 Å². The molecule has 4 heteroatoms. The SMILES string of the molecule is CCc1ccc(CN2C[C@@H](C(=O)[O-])CC2=O)cc1. The lowest BCUT2D eigenvalue weighted by Gasteiger charge is -2.17. The number of amides is 1. The van der Waals surface area contributed by atoms with Crippen LogP contribution in [0.2, 0.25) is 0 Å². The average molecular weight is 246 g/mol. The molecule has 0 spiro atoms. The molecule has 1 aromatic rings. The van der Waals surface area contributed by atoms with Crippen molar-refractivity contribution >= 4 is 11.9 Å². The van der Waals surface area contributed by atoms with Crippen LogP contribution in [0.3, 0.4) is 0 Å². The maximum Gasteiger partial charge on any atom is 0.223 e. The number of nitrogens with zero attached hydrogens (tertiary/aromatic N) is 1. The zero-order chi connectivity index (χ0) is 13.1. The Balaban J connectivity index is 2.01. The van der Waals surface area contributed by atoms with Crippen LogP contribution in [0.4, 0.5) is 0 Å². The van der Waals surface area contributed by atoms with Crippen molar-refractivity contribution in [1.82, 2.24) is 4.90 Å². The van der Waals surface area contributed by atoms with E-state index in [2.05, 4.69) is 6.92 Å². The topological polar surface area (TPSA) is 60.4 Å². The first-order valence-electron chi connectivity index (χ1n) is 6.16. The van der Waals surface area contributed by atoms with Crippen LogP contribution < -0.4 is 5.11 Å². The average Bonchev–Trinajstić information content (AvgIpc) is 2.72. The minimum atomic E-state index is -1.13. The highest BCUT2D eigenvalue weighted by Crippen LogP contribution is 2.19. The van der Waals surface area contributed by atoms with Crippen molar-refractivity contribution in [2.24, 2.45) is 5.92 Å². The molecule has 96 valence electrons. The van der Waals surface area contributed by atoms with E-state index in [9.17, 15) is 14.7 Å². The number of benzene rings is 1. The van der Waals surface area contributed by atoms with E-state index < -0.39 is 11.9 Å². The van der Waals surface area contributed by atoms with Crippen molar-refractivity contribution in [3.8, 4) is 0 Å². The summed E-state index contributed by atoms with van der Waals surface area (Å²) in [5.74, 6) is -1.90. The van der Waals surface area contributed by atoms with E-state index in [4.69, 9.17) is 0 Å². The molecule has 1 atom stereocenters. The number of aryl methyl sites for hydroxylation is 1. The van der Waals surface area contributed by atoms with Crippen molar-refractivity contribution in [2.75, 3.05) is 6.54 Å². The predicted octanol–water partition coefficient (Wildman–Crippen LogP) is 0.347. The quantitative estimate of drug-likeness (QED) is 0.770. The lowest BCUT2D eigenvalue weighted by molar-refractivity contribution is -0.311. The van der Waals surface area contributed by atoms with Crippen molar-refractivity contribution < 1.29 is 14.7 Å². The largest absolute Gasteiger partial charge is 0.550 e. The van der Waals surface area contributed by atoms with Gasteiger partial charge in [0.2, 0.25) is 5.91 Å². The van der Waals surface area contributed by atoms with Crippen LogP contribution in [0.25, 0.3) is 0 Å². The first-order chi connectivity index (χ1) is 8.60. The maximum atomic E-state index is 11.7. The molecule has 0 aromatic heterocycles. The molecular formula is C14H16NO3-. The van der Waals surface area contributed by atoms with E-state index >= 15 is 0 Å². The van der Waals surface area contributed by atoms with Gasteiger partial charge in [-0.1, -0.05) is 31.2 Å². The van der Waals surface area contributed by atoms with E-state index in [-0.39, 0.29) is 18.9 Å². The second kappa shape index (κ2) is 5.21. The summed E-state index contributed by atoms with van der Waals surface area (Å²) in [6, 6.07) is 8.04. The molecule has 0 N–H and O–H groups in total. The maximum absolute atomic E-state index is 11.7. The summed E-state index contributed by atoms with van der Waals surface area (Å²) in [6.07, 6.45) is 1.05. The normalized spacial score (nSPS) is 19.3. The fourth-order valence-electron chi connectivity index (χ4n) is 2.18. The molecule has 1 amide bonds. The third kappa shape index (κ3) is 2.70. The number of carboxylic acids is 1. The molecule has 0 unspecified atom stereocenters. The number of hydrogen-bond acceptors (Lipinski definition) is 3. The molecule has 1 aliphatic heterocycles. The zero-order valence-electron chi connectivity index (χ0n) is 10.4. The Morgan fingerprint density at radius 1 is 1.33 bits per heavy atom. The third-order valence-electron chi connectivity index (χ3n) is 3.35. The summed E-state index contributed by atoms with van der Waals surface area (Å²) in [5, 5.41) is 10.7. The van der Waals surface area contributed by atoms with E-state index in [1.165, 1.54) is 5.56 Å². The van der Waals surface area contributed by atoms with Gasteiger partial charge >= 0.3 is 0 Å². The van der Waals surface area contributed by atoms with Gasteiger partial charge in [0.15, 0.2) is 0 Å². The fraction of sp³-hybridized carbons (Fsp3) is 0.429. The van der Waals surface area contributed by atoms with Crippen LogP contribution in [-0.4, -0.2) is 23.3 Å². The Kier molecular flexibility index (Phi) is 3.65. The van der Waals surface area contributed by atoms with E-state index in [1.807, 2.05) is 24.3 Å². The number of likely N-dealkylation sites (tertiary alicyclic amines) is 1. The van der Waals surface area contributed by atoms with Gasteiger partial charge in [0.05, 0.1) is 0 Å². The summed E-state index contributed by atoms with van der Waals surface area (Å²) in [7, 11) is 0. The number of carbonyl (C=O) groups excluding carboxylic acids is 2. The number of carboxylic acid groups (broad SMARTS) is 1. The van der Waals surface area contributed by atoms with Crippen molar-refractivity contribution in [3.63, 3.8) is 0 Å². The first-order valence-corrected chi connectivity index (χ1v) is 6.16. The first kappa shape index (κ1) is 12.6. The Morgan fingerprint density at radius 2 is 1.94 bits per heavy atom. The molecule has 0 aliphatic carbocycles. The van der Waals surface area contributed by atoms with Gasteiger partial charge in [-0.05, 0) is 17.5 Å². The minimum absolute atomic E-state index is 0.0649. The molecular weight excluding hydrogens is 230 g/mol. The van der Waals surface area contributed by atoms with E-state index in [0.717, 1.165) is 12.0 Å². The molecule has 0 radical (unpaired) electrons. The van der Waals surface area contributed by atoms with Gasteiger partial charge in [-0.2, -0.15) is 0 Å². The van der Waals surface area contributed by atoms with Crippen molar-refractivity contribution in [1.29, 1.82) is 0 Å². The van der Waals surface area contributed by atoms with Crippen LogP contribution >= 0.6 is 0 Å². The van der Waals surface area contributed by atoms with Crippen LogP contribution in [0.5, 0.6) is 0 Å². The third-order valence-corrected chi connectivity index (χ3v) is 3.35. The summed E-state index contributed by atoms with van der Waals surface area (Å²) in [4.78, 5) is 24.0. The Bertz CT molecular complexity index is 453. The summed E-state index contributed by atoms with van der Waals surface area (Å²) in [6.45, 7) is 2.83. The highest BCUT2D eigenvalue weighted by atomic mass is 16.4. The van der Waals surface area contributed by atoms with E-state index in [0.29, 0.717) is 6.54 Å². The fourth-order valence-corrected chi connectivity index (χ4v) is 2.18. The minimum Gasteiger partial charge on any atom is -0.550 e. The molecule has 4 nitrogen and oxygen atoms in total. The molecule has 1 heterocycles. The van der Waals surface area contributed by atoms with Gasteiger partial charge < -0.3 is 14.8 Å². The van der Waals surface area contributed by atoms with Gasteiger partial charge in [-0.15, -0.1) is 0 Å².